The quantitative estimate of drug-likeness (QED) is 0.915. The molecule has 2 aliphatic rings. The summed E-state index contributed by atoms with van der Waals surface area (Å²) in [5.41, 5.74) is 1.00. The van der Waals surface area contributed by atoms with Gasteiger partial charge in [0.2, 0.25) is 0 Å². The molecule has 2 aliphatic heterocycles. The van der Waals surface area contributed by atoms with E-state index in [1.165, 1.54) is 0 Å². The number of aromatic hydroxyl groups is 1. The molecule has 1 saturated heterocycles. The van der Waals surface area contributed by atoms with Gasteiger partial charge in [-0.2, -0.15) is 0 Å². The number of rotatable bonds is 4. The lowest BCUT2D eigenvalue weighted by Crippen LogP contribution is -2.51. The van der Waals surface area contributed by atoms with Crippen molar-refractivity contribution in [2.45, 2.75) is 19.1 Å². The van der Waals surface area contributed by atoms with Crippen LogP contribution in [0.25, 0.3) is 0 Å². The van der Waals surface area contributed by atoms with Crippen LogP contribution in [0, 0.1) is 0 Å². The fourth-order valence-corrected chi connectivity index (χ4v) is 3.81. The first kappa shape index (κ1) is 17.2. The van der Waals surface area contributed by atoms with Crippen molar-refractivity contribution in [3.63, 3.8) is 0 Å². The van der Waals surface area contributed by atoms with Crippen molar-refractivity contribution in [1.29, 1.82) is 0 Å². The number of hydrogen-bond donors (Lipinski definition) is 1. The summed E-state index contributed by atoms with van der Waals surface area (Å²) in [6.45, 7) is 7.62. The Bertz CT molecular complexity index is 744. The topological polar surface area (TPSA) is 45.2 Å². The number of phenolic OH excluding ortho intramolecular Hbond substituents is 1. The average molecular weight is 354 g/mol. The van der Waals surface area contributed by atoms with Crippen LogP contribution in [0.15, 0.2) is 48.5 Å². The number of phenols is 1. The molecule has 2 aromatic rings. The van der Waals surface area contributed by atoms with E-state index in [2.05, 4.69) is 16.7 Å². The summed E-state index contributed by atoms with van der Waals surface area (Å²) in [5, 5.41) is 10.1. The van der Waals surface area contributed by atoms with Gasteiger partial charge in [-0.3, -0.25) is 9.80 Å². The second-order valence-corrected chi connectivity index (χ2v) is 7.07. The molecule has 5 nitrogen and oxygen atoms in total. The predicted octanol–water partition coefficient (Wildman–Crippen LogP) is 2.91. The third-order valence-electron chi connectivity index (χ3n) is 5.37. The molecule has 1 N–H and O–H groups in total. The van der Waals surface area contributed by atoms with Crippen LogP contribution in [0.3, 0.4) is 0 Å². The van der Waals surface area contributed by atoms with Gasteiger partial charge in [0, 0.05) is 44.3 Å². The molecule has 1 fully saturated rings. The summed E-state index contributed by atoms with van der Waals surface area (Å²) in [6, 6.07) is 15.7. The Hall–Kier alpha value is -2.24. The third kappa shape index (κ3) is 3.64. The molecule has 2 unspecified atom stereocenters. The molecule has 0 saturated carbocycles. The molecule has 0 bridgehead atoms. The molecule has 2 atom stereocenters. The summed E-state index contributed by atoms with van der Waals surface area (Å²) in [5.74, 6) is 2.06. The van der Waals surface area contributed by atoms with Gasteiger partial charge in [-0.25, -0.2) is 0 Å². The SMILES string of the molecule is CC(c1ccccc1O)N1CCN(CC2COc3ccccc3O2)CC1. The molecule has 2 aromatic carbocycles. The maximum Gasteiger partial charge on any atom is 0.161 e. The van der Waals surface area contributed by atoms with Crippen LogP contribution in [0.4, 0.5) is 0 Å². The Morgan fingerprint density at radius 2 is 1.69 bits per heavy atom. The largest absolute Gasteiger partial charge is 0.508 e. The van der Waals surface area contributed by atoms with Crippen LogP contribution >= 0.6 is 0 Å². The summed E-state index contributed by atoms with van der Waals surface area (Å²) >= 11 is 0. The standard InChI is InChI=1S/C21H26N2O3/c1-16(18-6-2-3-7-19(18)24)23-12-10-22(11-13-23)14-17-15-25-20-8-4-5-9-21(20)26-17/h2-9,16-17,24H,10-15H2,1H3. The number of nitrogens with zero attached hydrogens (tertiary/aromatic N) is 2. The van der Waals surface area contributed by atoms with Gasteiger partial charge >= 0.3 is 0 Å². The molecule has 0 spiro atoms. The maximum absolute atomic E-state index is 10.1. The van der Waals surface area contributed by atoms with Crippen molar-refractivity contribution in [3.05, 3.63) is 54.1 Å². The maximum atomic E-state index is 10.1. The van der Waals surface area contributed by atoms with Crippen molar-refractivity contribution in [2.75, 3.05) is 39.3 Å². The molecule has 5 heteroatoms. The number of fused-ring (bicyclic) bond motifs is 1. The predicted molar refractivity (Wildman–Crippen MR) is 101 cm³/mol. The van der Waals surface area contributed by atoms with E-state index >= 15 is 0 Å². The highest BCUT2D eigenvalue weighted by atomic mass is 16.6. The van der Waals surface area contributed by atoms with E-state index in [4.69, 9.17) is 9.47 Å². The summed E-state index contributed by atoms with van der Waals surface area (Å²) in [7, 11) is 0. The van der Waals surface area contributed by atoms with Gasteiger partial charge in [0.1, 0.15) is 18.5 Å². The fourth-order valence-electron chi connectivity index (χ4n) is 3.81. The van der Waals surface area contributed by atoms with Gasteiger partial charge < -0.3 is 14.6 Å². The van der Waals surface area contributed by atoms with Gasteiger partial charge in [-0.1, -0.05) is 30.3 Å². The van der Waals surface area contributed by atoms with Gasteiger partial charge in [0.15, 0.2) is 11.5 Å². The lowest BCUT2D eigenvalue weighted by Gasteiger charge is -2.39. The van der Waals surface area contributed by atoms with Gasteiger partial charge in [-0.05, 0) is 25.1 Å². The zero-order valence-corrected chi connectivity index (χ0v) is 15.2. The van der Waals surface area contributed by atoms with Crippen molar-refractivity contribution in [3.8, 4) is 17.2 Å². The molecule has 0 radical (unpaired) electrons. The molecule has 26 heavy (non-hydrogen) atoms. The minimum absolute atomic E-state index is 0.0760. The van der Waals surface area contributed by atoms with Crippen LogP contribution in [-0.2, 0) is 0 Å². The molecule has 2 heterocycles. The first-order valence-electron chi connectivity index (χ1n) is 9.33. The van der Waals surface area contributed by atoms with Gasteiger partial charge in [-0.15, -0.1) is 0 Å². The average Bonchev–Trinajstić information content (AvgIpc) is 2.68. The molecule has 138 valence electrons. The zero-order chi connectivity index (χ0) is 17.9. The normalized spacial score (nSPS) is 22.1. The van der Waals surface area contributed by atoms with Gasteiger partial charge in [0.25, 0.3) is 0 Å². The highest BCUT2D eigenvalue weighted by molar-refractivity contribution is 5.40. The van der Waals surface area contributed by atoms with E-state index < -0.39 is 0 Å². The molecule has 0 amide bonds. The highest BCUT2D eigenvalue weighted by Gasteiger charge is 2.27. The fraction of sp³-hybridized carbons (Fsp3) is 0.429. The van der Waals surface area contributed by atoms with E-state index in [1.807, 2.05) is 42.5 Å². The first-order valence-corrected chi connectivity index (χ1v) is 9.33. The van der Waals surface area contributed by atoms with Gasteiger partial charge in [0.05, 0.1) is 0 Å². The van der Waals surface area contributed by atoms with E-state index in [0.29, 0.717) is 12.4 Å². The number of hydrogen-bond acceptors (Lipinski definition) is 5. The van der Waals surface area contributed by atoms with Crippen LogP contribution in [0.1, 0.15) is 18.5 Å². The van der Waals surface area contributed by atoms with E-state index in [1.54, 1.807) is 6.07 Å². The second-order valence-electron chi connectivity index (χ2n) is 7.07. The number of benzene rings is 2. The van der Waals surface area contributed by atoms with Crippen LogP contribution in [0.5, 0.6) is 17.2 Å². The van der Waals surface area contributed by atoms with E-state index in [-0.39, 0.29) is 12.1 Å². The first-order chi connectivity index (χ1) is 12.7. The van der Waals surface area contributed by atoms with Crippen LogP contribution in [-0.4, -0.2) is 60.3 Å². The second kappa shape index (κ2) is 7.56. The monoisotopic (exact) mass is 354 g/mol. The Labute approximate surface area is 154 Å². The van der Waals surface area contributed by atoms with Crippen molar-refractivity contribution < 1.29 is 14.6 Å². The zero-order valence-electron chi connectivity index (χ0n) is 15.2. The number of para-hydroxylation sites is 3. The molecular weight excluding hydrogens is 328 g/mol. The van der Waals surface area contributed by atoms with E-state index in [0.717, 1.165) is 49.8 Å². The number of ether oxygens (including phenoxy) is 2. The Balaban J connectivity index is 1.30. The van der Waals surface area contributed by atoms with Crippen LogP contribution < -0.4 is 9.47 Å². The summed E-state index contributed by atoms with van der Waals surface area (Å²) in [4.78, 5) is 4.87. The van der Waals surface area contributed by atoms with Crippen molar-refractivity contribution >= 4 is 0 Å². The minimum atomic E-state index is 0.0760. The summed E-state index contributed by atoms with van der Waals surface area (Å²) in [6.07, 6.45) is 0.0760. The number of piperazine rings is 1. The smallest absolute Gasteiger partial charge is 0.161 e. The Kier molecular flexibility index (Phi) is 5.00. The van der Waals surface area contributed by atoms with Crippen molar-refractivity contribution in [2.24, 2.45) is 0 Å². The summed E-state index contributed by atoms with van der Waals surface area (Å²) < 4.78 is 11.9. The van der Waals surface area contributed by atoms with E-state index in [9.17, 15) is 5.11 Å². The molecule has 0 aliphatic carbocycles. The van der Waals surface area contributed by atoms with Crippen molar-refractivity contribution in [1.82, 2.24) is 9.80 Å². The highest BCUT2D eigenvalue weighted by Crippen LogP contribution is 2.32. The lowest BCUT2D eigenvalue weighted by molar-refractivity contribution is 0.0334. The minimum Gasteiger partial charge on any atom is -0.508 e. The molecule has 0 aromatic heterocycles. The molecular formula is C21H26N2O3. The molecule has 4 rings (SSSR count). The lowest BCUT2D eigenvalue weighted by atomic mass is 10.0. The van der Waals surface area contributed by atoms with Crippen LogP contribution in [0.2, 0.25) is 0 Å². The Morgan fingerprint density at radius 3 is 2.46 bits per heavy atom. The third-order valence-corrected chi connectivity index (χ3v) is 5.37. The Morgan fingerprint density at radius 1 is 1.00 bits per heavy atom.